The zero-order valence-corrected chi connectivity index (χ0v) is 27.0. The number of para-hydroxylation sites is 2. The molecule has 0 spiro atoms. The van der Waals surface area contributed by atoms with Crippen LogP contribution in [0.15, 0.2) is 167 Å². The van der Waals surface area contributed by atoms with Crippen LogP contribution in [0.2, 0.25) is 0 Å². The van der Waals surface area contributed by atoms with Crippen LogP contribution < -0.4 is 0 Å². The maximum absolute atomic E-state index is 6.54. The largest absolute Gasteiger partial charge is 0.456 e. The van der Waals surface area contributed by atoms with Crippen molar-refractivity contribution in [1.82, 2.24) is 15.0 Å². The molecule has 1 atom stereocenters. The molecule has 50 heavy (non-hydrogen) atoms. The van der Waals surface area contributed by atoms with E-state index in [0.717, 1.165) is 78.1 Å². The summed E-state index contributed by atoms with van der Waals surface area (Å²) in [6.45, 7) is 0. The molecule has 10 rings (SSSR count). The maximum Gasteiger partial charge on any atom is 0.164 e. The lowest BCUT2D eigenvalue weighted by molar-refractivity contribution is 0.668. The molecular weight excluding hydrogens is 615 g/mol. The highest BCUT2D eigenvalue weighted by molar-refractivity contribution is 6.14. The predicted molar refractivity (Wildman–Crippen MR) is 202 cm³/mol. The second-order valence-corrected chi connectivity index (χ2v) is 12.7. The minimum atomic E-state index is 0.324. The minimum Gasteiger partial charge on any atom is -0.456 e. The molecule has 6 aromatic carbocycles. The molecule has 1 aliphatic carbocycles. The Morgan fingerprint density at radius 1 is 0.500 bits per heavy atom. The molecule has 0 saturated heterocycles. The summed E-state index contributed by atoms with van der Waals surface area (Å²) < 4.78 is 12.9. The van der Waals surface area contributed by atoms with Gasteiger partial charge in [-0.1, -0.05) is 133 Å². The molecule has 5 nitrogen and oxygen atoms in total. The summed E-state index contributed by atoms with van der Waals surface area (Å²) in [5.41, 5.74) is 9.51. The van der Waals surface area contributed by atoms with Crippen LogP contribution >= 0.6 is 0 Å². The van der Waals surface area contributed by atoms with Gasteiger partial charge in [0.1, 0.15) is 22.3 Å². The number of furan rings is 2. The highest BCUT2D eigenvalue weighted by Crippen LogP contribution is 2.41. The quantitative estimate of drug-likeness (QED) is 0.187. The van der Waals surface area contributed by atoms with Gasteiger partial charge in [-0.2, -0.15) is 0 Å². The highest BCUT2D eigenvalue weighted by atomic mass is 16.3. The Hall–Kier alpha value is -6.59. The molecule has 0 aliphatic heterocycles. The van der Waals surface area contributed by atoms with E-state index in [0.29, 0.717) is 23.4 Å². The van der Waals surface area contributed by atoms with Crippen molar-refractivity contribution in [3.8, 4) is 33.9 Å². The second kappa shape index (κ2) is 11.5. The average molecular weight is 644 g/mol. The zero-order valence-electron chi connectivity index (χ0n) is 27.0. The van der Waals surface area contributed by atoms with E-state index in [1.165, 1.54) is 5.56 Å². The number of allylic oxidation sites excluding steroid dienone is 4. The predicted octanol–water partition coefficient (Wildman–Crippen LogP) is 11.8. The smallest absolute Gasteiger partial charge is 0.164 e. The Balaban J connectivity index is 1.10. The van der Waals surface area contributed by atoms with Gasteiger partial charge in [-0.15, -0.1) is 0 Å². The number of benzene rings is 6. The van der Waals surface area contributed by atoms with Gasteiger partial charge in [0.15, 0.2) is 17.5 Å². The first-order valence-electron chi connectivity index (χ1n) is 16.9. The third kappa shape index (κ3) is 4.74. The third-order valence-corrected chi connectivity index (χ3v) is 9.71. The lowest BCUT2D eigenvalue weighted by atomic mass is 9.90. The van der Waals surface area contributed by atoms with E-state index in [4.69, 9.17) is 23.8 Å². The molecule has 1 aliphatic rings. The molecule has 1 unspecified atom stereocenters. The highest BCUT2D eigenvalue weighted by Gasteiger charge is 2.20. The van der Waals surface area contributed by atoms with E-state index in [1.54, 1.807) is 0 Å². The van der Waals surface area contributed by atoms with Crippen molar-refractivity contribution in [2.75, 3.05) is 0 Å². The van der Waals surface area contributed by atoms with Crippen LogP contribution in [-0.2, 0) is 0 Å². The van der Waals surface area contributed by atoms with Gasteiger partial charge in [-0.05, 0) is 41.8 Å². The molecule has 5 heteroatoms. The van der Waals surface area contributed by atoms with Gasteiger partial charge >= 0.3 is 0 Å². The molecule has 0 fully saturated rings. The molecule has 3 aromatic heterocycles. The summed E-state index contributed by atoms with van der Waals surface area (Å²) >= 11 is 0. The van der Waals surface area contributed by atoms with Gasteiger partial charge in [-0.25, -0.2) is 15.0 Å². The number of hydrogen-bond donors (Lipinski definition) is 0. The molecule has 3 heterocycles. The van der Waals surface area contributed by atoms with E-state index in [9.17, 15) is 0 Å². The number of rotatable bonds is 5. The molecule has 0 amide bonds. The number of aromatic nitrogens is 3. The zero-order chi connectivity index (χ0) is 33.0. The Labute approximate surface area is 287 Å². The van der Waals surface area contributed by atoms with Crippen LogP contribution in [0.25, 0.3) is 83.4 Å². The monoisotopic (exact) mass is 643 g/mol. The van der Waals surface area contributed by atoms with Gasteiger partial charge in [0.05, 0.1) is 0 Å². The van der Waals surface area contributed by atoms with Gasteiger partial charge in [0, 0.05) is 49.7 Å². The van der Waals surface area contributed by atoms with E-state index >= 15 is 0 Å². The van der Waals surface area contributed by atoms with Crippen LogP contribution in [0.3, 0.4) is 0 Å². The average Bonchev–Trinajstić information content (AvgIpc) is 3.77. The fraction of sp³-hybridized carbons (Fsp3) is 0.0444. The topological polar surface area (TPSA) is 65.0 Å². The van der Waals surface area contributed by atoms with Crippen molar-refractivity contribution >= 4 is 49.5 Å². The van der Waals surface area contributed by atoms with E-state index in [1.807, 2.05) is 60.7 Å². The Kier molecular flexibility index (Phi) is 6.56. The van der Waals surface area contributed by atoms with Crippen LogP contribution in [0, 0.1) is 0 Å². The summed E-state index contributed by atoms with van der Waals surface area (Å²) in [7, 11) is 0. The van der Waals surface area contributed by atoms with E-state index < -0.39 is 0 Å². The van der Waals surface area contributed by atoms with Crippen molar-refractivity contribution in [2.24, 2.45) is 0 Å². The third-order valence-electron chi connectivity index (χ3n) is 9.71. The van der Waals surface area contributed by atoms with Gasteiger partial charge in [0.25, 0.3) is 0 Å². The van der Waals surface area contributed by atoms with Crippen molar-refractivity contribution in [3.63, 3.8) is 0 Å². The summed E-state index contributed by atoms with van der Waals surface area (Å²) in [4.78, 5) is 15.2. The maximum atomic E-state index is 6.54. The first kappa shape index (κ1) is 28.4. The van der Waals surface area contributed by atoms with Crippen molar-refractivity contribution in [1.29, 1.82) is 0 Å². The second-order valence-electron chi connectivity index (χ2n) is 12.7. The fourth-order valence-electron chi connectivity index (χ4n) is 7.23. The molecule has 0 radical (unpaired) electrons. The molecular formula is C45H29N3O2. The van der Waals surface area contributed by atoms with Crippen molar-refractivity contribution in [3.05, 3.63) is 169 Å². The lowest BCUT2D eigenvalue weighted by Gasteiger charge is -2.17. The summed E-state index contributed by atoms with van der Waals surface area (Å²) in [5.74, 6) is 2.22. The first-order chi connectivity index (χ1) is 24.8. The number of fused-ring (bicyclic) bond motifs is 6. The van der Waals surface area contributed by atoms with Crippen molar-refractivity contribution in [2.45, 2.75) is 12.3 Å². The van der Waals surface area contributed by atoms with Crippen LogP contribution in [0.1, 0.15) is 23.7 Å². The summed E-state index contributed by atoms with van der Waals surface area (Å²) in [5, 5.41) is 4.19. The number of nitrogens with zero attached hydrogens (tertiary/aromatic N) is 3. The first-order valence-corrected chi connectivity index (χ1v) is 16.9. The molecule has 0 N–H and O–H groups in total. The SMILES string of the molecule is C1=CC(c2ccccc2)CC=C1c1nc(-c2ccccc2)nc(-c2cccc3oc4cc(-c5cccc6c5oc5ccccc56)ccc4c23)n1. The van der Waals surface area contributed by atoms with E-state index in [2.05, 4.69) is 97.1 Å². The van der Waals surface area contributed by atoms with Gasteiger partial charge in [0.2, 0.25) is 0 Å². The normalized spacial score (nSPS) is 14.6. The Morgan fingerprint density at radius 2 is 1.22 bits per heavy atom. The van der Waals surface area contributed by atoms with Crippen LogP contribution in [0.5, 0.6) is 0 Å². The van der Waals surface area contributed by atoms with Gasteiger partial charge < -0.3 is 8.83 Å². The molecule has 236 valence electrons. The number of hydrogen-bond acceptors (Lipinski definition) is 5. The summed E-state index contributed by atoms with van der Waals surface area (Å²) in [6.07, 6.45) is 7.52. The Morgan fingerprint density at radius 3 is 2.08 bits per heavy atom. The molecule has 0 saturated carbocycles. The van der Waals surface area contributed by atoms with Gasteiger partial charge in [-0.3, -0.25) is 0 Å². The Bertz CT molecular complexity index is 2790. The summed E-state index contributed by atoms with van der Waals surface area (Å²) in [6, 6.07) is 47.7. The minimum absolute atomic E-state index is 0.324. The van der Waals surface area contributed by atoms with Crippen molar-refractivity contribution < 1.29 is 8.83 Å². The standard InChI is InChI=1S/C45H29N3O2/c1-3-11-28(12-4-1)29-21-23-31(24-22-29)44-46-43(30-13-5-2-6-14-30)47-45(48-44)37-18-10-20-39-41(37)36-26-25-32(27-40(36)49-39)33-16-9-17-35-34-15-7-8-19-38(34)50-42(33)35/h1-21,23-27,29H,22H2. The fourth-order valence-corrected chi connectivity index (χ4v) is 7.23. The van der Waals surface area contributed by atoms with E-state index in [-0.39, 0.29) is 0 Å². The van der Waals surface area contributed by atoms with Crippen LogP contribution in [-0.4, -0.2) is 15.0 Å². The lowest BCUT2D eigenvalue weighted by Crippen LogP contribution is -2.05. The van der Waals surface area contributed by atoms with Crippen LogP contribution in [0.4, 0.5) is 0 Å². The molecule has 9 aromatic rings. The molecule has 0 bridgehead atoms.